The van der Waals surface area contributed by atoms with Gasteiger partial charge in [0.1, 0.15) is 5.00 Å². The molecule has 1 N–H and O–H groups in total. The Bertz CT molecular complexity index is 1090. The quantitative estimate of drug-likeness (QED) is 0.371. The first kappa shape index (κ1) is 20.3. The van der Waals surface area contributed by atoms with E-state index in [-0.39, 0.29) is 5.69 Å². The Labute approximate surface area is 170 Å². The number of carbonyl (C=O) groups is 2. The number of nitrogens with one attached hydrogen (secondary N) is 1. The van der Waals surface area contributed by atoms with Crippen LogP contribution in [0.4, 0.5) is 11.4 Å². The van der Waals surface area contributed by atoms with Crippen molar-refractivity contribution in [3.8, 4) is 5.00 Å². The van der Waals surface area contributed by atoms with Crippen LogP contribution in [0.3, 0.4) is 0 Å². The molecule has 0 aliphatic rings. The minimum absolute atomic E-state index is 0.0967. The molecule has 0 saturated heterocycles. The molecule has 0 atom stereocenters. The van der Waals surface area contributed by atoms with Crippen LogP contribution in [-0.4, -0.2) is 28.0 Å². The summed E-state index contributed by atoms with van der Waals surface area (Å²) in [6.45, 7) is 4.80. The number of ether oxygens (including phenoxy) is 1. The topological polar surface area (TPSA) is 103 Å². The molecule has 1 amide bonds. The number of rotatable bonds is 6. The van der Waals surface area contributed by atoms with Crippen LogP contribution >= 0.6 is 11.3 Å². The smallest absolute Gasteiger partial charge is 0.341 e. The summed E-state index contributed by atoms with van der Waals surface area (Å²) in [6, 6.07) is 8.10. The normalized spacial score (nSPS) is 10.6. The van der Waals surface area contributed by atoms with Crippen molar-refractivity contribution in [1.82, 2.24) is 4.57 Å². The second-order valence-corrected chi connectivity index (χ2v) is 7.59. The number of nitro groups is 1. The van der Waals surface area contributed by atoms with Gasteiger partial charge in [0.2, 0.25) is 0 Å². The molecule has 0 aliphatic carbocycles. The van der Waals surface area contributed by atoms with E-state index in [0.29, 0.717) is 16.8 Å². The Balaban J connectivity index is 1.72. The highest BCUT2D eigenvalue weighted by molar-refractivity contribution is 7.15. The third-order valence-corrected chi connectivity index (χ3v) is 5.74. The first-order chi connectivity index (χ1) is 13.8. The molecule has 1 aromatic carbocycles. The van der Waals surface area contributed by atoms with E-state index in [0.717, 1.165) is 15.4 Å². The summed E-state index contributed by atoms with van der Waals surface area (Å²) in [4.78, 5) is 36.4. The van der Waals surface area contributed by atoms with Crippen molar-refractivity contribution in [2.24, 2.45) is 0 Å². The van der Waals surface area contributed by atoms with Crippen LogP contribution in [0.5, 0.6) is 0 Å². The summed E-state index contributed by atoms with van der Waals surface area (Å²) in [5, 5.41) is 14.3. The predicted molar refractivity (Wildman–Crippen MR) is 110 cm³/mol. The molecule has 0 spiro atoms. The number of amides is 1. The second-order valence-electron chi connectivity index (χ2n) is 6.38. The summed E-state index contributed by atoms with van der Waals surface area (Å²) in [5.41, 5.74) is 1.76. The molecule has 9 heteroatoms. The fourth-order valence-corrected chi connectivity index (χ4v) is 3.96. The molecule has 0 aliphatic heterocycles. The van der Waals surface area contributed by atoms with E-state index in [4.69, 9.17) is 4.74 Å². The van der Waals surface area contributed by atoms with Crippen molar-refractivity contribution >= 4 is 34.6 Å². The van der Waals surface area contributed by atoms with Crippen LogP contribution in [0.1, 0.15) is 26.4 Å². The number of aromatic nitrogens is 1. The van der Waals surface area contributed by atoms with Gasteiger partial charge in [-0.05, 0) is 44.5 Å². The number of hydrogen-bond acceptors (Lipinski definition) is 6. The fraction of sp³-hybridized carbons (Fsp3) is 0.200. The van der Waals surface area contributed by atoms with Crippen LogP contribution in [0.2, 0.25) is 0 Å². The molecular weight excluding hydrogens is 394 g/mol. The highest BCUT2D eigenvalue weighted by Gasteiger charge is 2.23. The maximum Gasteiger partial charge on any atom is 0.341 e. The number of aryl methyl sites for hydroxylation is 1. The first-order valence-corrected chi connectivity index (χ1v) is 9.55. The van der Waals surface area contributed by atoms with Gasteiger partial charge >= 0.3 is 5.97 Å². The lowest BCUT2D eigenvalue weighted by atomic mass is 10.1. The Morgan fingerprint density at radius 3 is 2.48 bits per heavy atom. The summed E-state index contributed by atoms with van der Waals surface area (Å²) in [6.07, 6.45) is 3.67. The average Bonchev–Trinajstić information content (AvgIpc) is 3.30. The standard InChI is InChI=1S/C20H19N3O5S/c1-12-14(3)29-19(22-9-4-5-10-22)18(12)20(25)28-11-17(24)21-15-7-6-8-16(13(15)2)23(26)27/h4-10H,11H2,1-3H3,(H,21,24). The van der Waals surface area contributed by atoms with E-state index in [1.165, 1.54) is 23.5 Å². The number of nitrogens with zero attached hydrogens (tertiary/aromatic N) is 2. The monoisotopic (exact) mass is 413 g/mol. The van der Waals surface area contributed by atoms with Gasteiger partial charge in [-0.3, -0.25) is 14.9 Å². The van der Waals surface area contributed by atoms with Gasteiger partial charge in [-0.15, -0.1) is 11.3 Å². The van der Waals surface area contributed by atoms with Crippen LogP contribution < -0.4 is 5.32 Å². The summed E-state index contributed by atoms with van der Waals surface area (Å²) >= 11 is 1.47. The molecule has 2 aromatic heterocycles. The van der Waals surface area contributed by atoms with Gasteiger partial charge < -0.3 is 14.6 Å². The zero-order valence-corrected chi connectivity index (χ0v) is 16.9. The minimum Gasteiger partial charge on any atom is -0.452 e. The third kappa shape index (κ3) is 4.19. The Kier molecular flexibility index (Phi) is 5.79. The van der Waals surface area contributed by atoms with E-state index in [1.54, 1.807) is 13.0 Å². The van der Waals surface area contributed by atoms with Gasteiger partial charge in [-0.1, -0.05) is 6.07 Å². The van der Waals surface area contributed by atoms with Crippen LogP contribution in [0, 0.1) is 30.9 Å². The number of benzene rings is 1. The van der Waals surface area contributed by atoms with Crippen molar-refractivity contribution in [2.45, 2.75) is 20.8 Å². The number of hydrogen-bond donors (Lipinski definition) is 1. The lowest BCUT2D eigenvalue weighted by molar-refractivity contribution is -0.385. The highest BCUT2D eigenvalue weighted by atomic mass is 32.1. The summed E-state index contributed by atoms with van der Waals surface area (Å²) < 4.78 is 7.05. The largest absolute Gasteiger partial charge is 0.452 e. The number of nitro benzene ring substituents is 1. The van der Waals surface area contributed by atoms with Gasteiger partial charge in [0.15, 0.2) is 6.61 Å². The molecule has 0 fully saturated rings. The van der Waals surface area contributed by atoms with Gasteiger partial charge in [-0.25, -0.2) is 4.79 Å². The summed E-state index contributed by atoms with van der Waals surface area (Å²) in [5.74, 6) is -1.17. The molecule has 0 bridgehead atoms. The van der Waals surface area contributed by atoms with E-state index in [2.05, 4.69) is 5.32 Å². The molecule has 0 radical (unpaired) electrons. The second kappa shape index (κ2) is 8.27. The molecular formula is C20H19N3O5S. The van der Waals surface area contributed by atoms with E-state index in [1.807, 2.05) is 42.9 Å². The molecule has 2 heterocycles. The Morgan fingerprint density at radius 2 is 1.83 bits per heavy atom. The van der Waals surface area contributed by atoms with Crippen molar-refractivity contribution in [3.63, 3.8) is 0 Å². The first-order valence-electron chi connectivity index (χ1n) is 8.74. The maximum absolute atomic E-state index is 12.7. The van der Waals surface area contributed by atoms with Crippen LogP contribution in [0.15, 0.2) is 42.7 Å². The fourth-order valence-electron chi connectivity index (χ4n) is 2.85. The van der Waals surface area contributed by atoms with Gasteiger partial charge in [-0.2, -0.15) is 0 Å². The highest BCUT2D eigenvalue weighted by Crippen LogP contribution is 2.31. The number of carbonyl (C=O) groups excluding carboxylic acids is 2. The van der Waals surface area contributed by atoms with Crippen molar-refractivity contribution in [1.29, 1.82) is 0 Å². The zero-order valence-electron chi connectivity index (χ0n) is 16.1. The Hall–Kier alpha value is -3.46. The third-order valence-electron chi connectivity index (χ3n) is 4.52. The average molecular weight is 413 g/mol. The van der Waals surface area contributed by atoms with E-state index >= 15 is 0 Å². The number of esters is 1. The molecule has 150 valence electrons. The SMILES string of the molecule is Cc1sc(-n2cccc2)c(C(=O)OCC(=O)Nc2cccc([N+](=O)[O-])c2C)c1C. The number of anilines is 1. The van der Waals surface area contributed by atoms with E-state index < -0.39 is 23.4 Å². The minimum atomic E-state index is -0.596. The molecule has 3 rings (SSSR count). The lowest BCUT2D eigenvalue weighted by Gasteiger charge is -2.10. The van der Waals surface area contributed by atoms with Gasteiger partial charge in [0.05, 0.1) is 21.7 Å². The van der Waals surface area contributed by atoms with Crippen molar-refractivity contribution < 1.29 is 19.2 Å². The van der Waals surface area contributed by atoms with Crippen LogP contribution in [0.25, 0.3) is 5.00 Å². The van der Waals surface area contributed by atoms with Crippen molar-refractivity contribution in [2.75, 3.05) is 11.9 Å². The lowest BCUT2D eigenvalue weighted by Crippen LogP contribution is -2.22. The molecule has 0 saturated carbocycles. The molecule has 29 heavy (non-hydrogen) atoms. The predicted octanol–water partition coefficient (Wildman–Crippen LogP) is 4.17. The van der Waals surface area contributed by atoms with Crippen LogP contribution in [-0.2, 0) is 9.53 Å². The van der Waals surface area contributed by atoms with Gasteiger partial charge in [0, 0.05) is 23.3 Å². The maximum atomic E-state index is 12.7. The number of thiophene rings is 1. The van der Waals surface area contributed by atoms with Gasteiger partial charge in [0.25, 0.3) is 11.6 Å². The zero-order chi connectivity index (χ0) is 21.1. The van der Waals surface area contributed by atoms with E-state index in [9.17, 15) is 19.7 Å². The molecule has 8 nitrogen and oxygen atoms in total. The molecule has 3 aromatic rings. The van der Waals surface area contributed by atoms with Crippen molar-refractivity contribution in [3.05, 3.63) is 74.4 Å². The summed E-state index contributed by atoms with van der Waals surface area (Å²) in [7, 11) is 0. The molecule has 0 unspecified atom stereocenters. The Morgan fingerprint density at radius 1 is 1.14 bits per heavy atom.